The van der Waals surface area contributed by atoms with E-state index in [2.05, 4.69) is 10.3 Å². The van der Waals surface area contributed by atoms with Gasteiger partial charge in [0.2, 0.25) is 5.91 Å². The van der Waals surface area contributed by atoms with Gasteiger partial charge in [-0.1, -0.05) is 54.1 Å². The van der Waals surface area contributed by atoms with Gasteiger partial charge < -0.3 is 5.32 Å². The van der Waals surface area contributed by atoms with E-state index in [0.717, 1.165) is 16.3 Å². The van der Waals surface area contributed by atoms with E-state index in [1.54, 1.807) is 18.2 Å². The summed E-state index contributed by atoms with van der Waals surface area (Å²) in [6.45, 7) is 1.82. The summed E-state index contributed by atoms with van der Waals surface area (Å²) in [7, 11) is 0. The Bertz CT molecular complexity index is 1240. The summed E-state index contributed by atoms with van der Waals surface area (Å²) in [5.41, 5.74) is 1.29. The molecule has 4 aromatic rings. The zero-order chi connectivity index (χ0) is 19.7. The average molecular weight is 392 g/mol. The number of fused-ring (bicyclic) bond motifs is 2. The highest BCUT2D eigenvalue weighted by atomic mass is 35.5. The number of nitrogens with zero attached hydrogens (tertiary/aromatic N) is 2. The lowest BCUT2D eigenvalue weighted by atomic mass is 10.00. The summed E-state index contributed by atoms with van der Waals surface area (Å²) in [5.74, 6) is -0.259. The number of carbonyl (C=O) groups is 1. The van der Waals surface area contributed by atoms with E-state index >= 15 is 0 Å². The van der Waals surface area contributed by atoms with Gasteiger partial charge in [0.1, 0.15) is 6.54 Å². The Morgan fingerprint density at radius 3 is 2.75 bits per heavy atom. The predicted molar refractivity (Wildman–Crippen MR) is 112 cm³/mol. The molecule has 1 atom stereocenters. The highest BCUT2D eigenvalue weighted by Gasteiger charge is 2.14. The van der Waals surface area contributed by atoms with Crippen LogP contribution in [0.3, 0.4) is 0 Å². The van der Waals surface area contributed by atoms with Crippen LogP contribution in [0.1, 0.15) is 18.5 Å². The third kappa shape index (κ3) is 3.49. The average Bonchev–Trinajstić information content (AvgIpc) is 2.70. The molecule has 1 heterocycles. The van der Waals surface area contributed by atoms with Crippen molar-refractivity contribution in [1.82, 2.24) is 14.9 Å². The van der Waals surface area contributed by atoms with Crippen molar-refractivity contribution in [2.45, 2.75) is 19.5 Å². The molecular weight excluding hydrogens is 374 g/mol. The van der Waals surface area contributed by atoms with Crippen LogP contribution in [0.2, 0.25) is 5.02 Å². The molecule has 0 aliphatic carbocycles. The van der Waals surface area contributed by atoms with Crippen LogP contribution >= 0.6 is 11.6 Å². The Labute approximate surface area is 166 Å². The molecule has 0 unspecified atom stereocenters. The van der Waals surface area contributed by atoms with Crippen LogP contribution in [0, 0.1) is 0 Å². The molecular formula is C22H18ClN3O2. The van der Waals surface area contributed by atoms with Crippen molar-refractivity contribution in [2.24, 2.45) is 0 Å². The van der Waals surface area contributed by atoms with Gasteiger partial charge in [0.15, 0.2) is 0 Å². The molecule has 3 aromatic carbocycles. The van der Waals surface area contributed by atoms with Crippen molar-refractivity contribution in [3.05, 3.63) is 87.9 Å². The number of nitrogens with one attached hydrogen (secondary N) is 1. The third-order valence-corrected chi connectivity index (χ3v) is 5.00. The minimum atomic E-state index is -0.291. The van der Waals surface area contributed by atoms with Crippen LogP contribution in [0.4, 0.5) is 0 Å². The van der Waals surface area contributed by atoms with Gasteiger partial charge in [0.25, 0.3) is 5.56 Å². The smallest absolute Gasteiger partial charge is 0.261 e. The molecule has 0 aliphatic rings. The number of amides is 1. The molecule has 0 radical (unpaired) electrons. The SMILES string of the molecule is C[C@H](NC(=O)Cn1cnc2ccc(Cl)cc2c1=O)c1cccc2ccccc12. The largest absolute Gasteiger partial charge is 0.348 e. The van der Waals surface area contributed by atoms with Gasteiger partial charge in [0.05, 0.1) is 23.3 Å². The van der Waals surface area contributed by atoms with Crippen LogP contribution in [-0.2, 0) is 11.3 Å². The predicted octanol–water partition coefficient (Wildman–Crippen LogP) is 4.08. The number of hydrogen-bond donors (Lipinski definition) is 1. The van der Waals surface area contributed by atoms with E-state index < -0.39 is 0 Å². The molecule has 0 aliphatic heterocycles. The van der Waals surface area contributed by atoms with Gasteiger partial charge in [-0.05, 0) is 41.5 Å². The van der Waals surface area contributed by atoms with Crippen molar-refractivity contribution in [3.63, 3.8) is 0 Å². The van der Waals surface area contributed by atoms with Crippen LogP contribution in [-0.4, -0.2) is 15.5 Å². The highest BCUT2D eigenvalue weighted by molar-refractivity contribution is 6.31. The lowest BCUT2D eigenvalue weighted by molar-refractivity contribution is -0.122. The maximum atomic E-state index is 12.6. The summed E-state index contributed by atoms with van der Waals surface area (Å²) < 4.78 is 1.30. The number of aromatic nitrogens is 2. The van der Waals surface area contributed by atoms with E-state index in [4.69, 9.17) is 11.6 Å². The normalized spacial score (nSPS) is 12.2. The molecule has 0 saturated carbocycles. The van der Waals surface area contributed by atoms with Gasteiger partial charge in [-0.25, -0.2) is 4.98 Å². The Morgan fingerprint density at radius 1 is 1.11 bits per heavy atom. The quantitative estimate of drug-likeness (QED) is 0.570. The van der Waals surface area contributed by atoms with Gasteiger partial charge in [-0.2, -0.15) is 0 Å². The van der Waals surface area contributed by atoms with Crippen LogP contribution in [0.5, 0.6) is 0 Å². The van der Waals surface area contributed by atoms with Crippen molar-refractivity contribution >= 4 is 39.2 Å². The molecule has 0 fully saturated rings. The first-order valence-corrected chi connectivity index (χ1v) is 9.32. The number of benzene rings is 3. The summed E-state index contributed by atoms with van der Waals surface area (Å²) in [5, 5.41) is 6.03. The summed E-state index contributed by atoms with van der Waals surface area (Å²) in [6.07, 6.45) is 1.39. The topological polar surface area (TPSA) is 64.0 Å². The van der Waals surface area contributed by atoms with Gasteiger partial charge in [-0.15, -0.1) is 0 Å². The first kappa shape index (κ1) is 18.2. The van der Waals surface area contributed by atoms with Crippen molar-refractivity contribution < 1.29 is 4.79 Å². The molecule has 0 bridgehead atoms. The minimum Gasteiger partial charge on any atom is -0.348 e. The van der Waals surface area contributed by atoms with Gasteiger partial charge in [-0.3, -0.25) is 14.2 Å². The molecule has 1 amide bonds. The standard InChI is InChI=1S/C22H18ClN3O2/c1-14(17-8-4-6-15-5-2-3-7-18(15)17)25-21(27)12-26-13-24-20-10-9-16(23)11-19(20)22(26)28/h2-11,13-14H,12H2,1H3,(H,25,27)/t14-/m0/s1. The van der Waals surface area contributed by atoms with E-state index in [1.807, 2.05) is 49.4 Å². The fourth-order valence-corrected chi connectivity index (χ4v) is 3.56. The van der Waals surface area contributed by atoms with E-state index in [-0.39, 0.29) is 24.1 Å². The summed E-state index contributed by atoms with van der Waals surface area (Å²) >= 11 is 5.98. The molecule has 1 aromatic heterocycles. The monoisotopic (exact) mass is 391 g/mol. The second kappa shape index (κ2) is 7.44. The van der Waals surface area contributed by atoms with E-state index in [9.17, 15) is 9.59 Å². The summed E-state index contributed by atoms with van der Waals surface area (Å²) in [6, 6.07) is 18.8. The number of halogens is 1. The van der Waals surface area contributed by atoms with Crippen molar-refractivity contribution in [1.29, 1.82) is 0 Å². The maximum Gasteiger partial charge on any atom is 0.261 e. The molecule has 28 heavy (non-hydrogen) atoms. The molecule has 5 nitrogen and oxygen atoms in total. The fourth-order valence-electron chi connectivity index (χ4n) is 3.39. The van der Waals surface area contributed by atoms with Crippen molar-refractivity contribution in [2.75, 3.05) is 0 Å². The molecule has 4 rings (SSSR count). The molecule has 1 N–H and O–H groups in total. The van der Waals surface area contributed by atoms with Crippen LogP contribution < -0.4 is 10.9 Å². The van der Waals surface area contributed by atoms with Crippen LogP contribution in [0.15, 0.2) is 71.8 Å². The molecule has 0 spiro atoms. The first-order valence-electron chi connectivity index (χ1n) is 8.94. The third-order valence-electron chi connectivity index (χ3n) is 4.77. The Balaban J connectivity index is 1.57. The second-order valence-corrected chi connectivity index (χ2v) is 7.13. The Morgan fingerprint density at radius 2 is 1.89 bits per heavy atom. The lowest BCUT2D eigenvalue weighted by Gasteiger charge is -2.17. The van der Waals surface area contributed by atoms with Gasteiger partial charge >= 0.3 is 0 Å². The zero-order valence-electron chi connectivity index (χ0n) is 15.2. The zero-order valence-corrected chi connectivity index (χ0v) is 16.0. The number of hydrogen-bond acceptors (Lipinski definition) is 3. The molecule has 0 saturated heterocycles. The van der Waals surface area contributed by atoms with Gasteiger partial charge in [0, 0.05) is 5.02 Å². The summed E-state index contributed by atoms with van der Waals surface area (Å²) in [4.78, 5) is 29.4. The molecule has 6 heteroatoms. The van der Waals surface area contributed by atoms with E-state index in [1.165, 1.54) is 10.9 Å². The lowest BCUT2D eigenvalue weighted by Crippen LogP contribution is -2.34. The number of carbonyl (C=O) groups excluding carboxylic acids is 1. The number of rotatable bonds is 4. The Kier molecular flexibility index (Phi) is 4.84. The van der Waals surface area contributed by atoms with Crippen molar-refractivity contribution in [3.8, 4) is 0 Å². The second-order valence-electron chi connectivity index (χ2n) is 6.70. The molecule has 140 valence electrons. The maximum absolute atomic E-state index is 12.6. The van der Waals surface area contributed by atoms with E-state index in [0.29, 0.717) is 15.9 Å². The van der Waals surface area contributed by atoms with Crippen LogP contribution in [0.25, 0.3) is 21.7 Å². The Hall–Kier alpha value is -3.18. The first-order chi connectivity index (χ1) is 13.5. The fraction of sp³-hybridized carbons (Fsp3) is 0.136. The minimum absolute atomic E-state index is 0.108. The highest BCUT2D eigenvalue weighted by Crippen LogP contribution is 2.24.